The van der Waals surface area contributed by atoms with E-state index in [0.29, 0.717) is 19.1 Å². The lowest BCUT2D eigenvalue weighted by Crippen LogP contribution is -2.50. The molecule has 4 nitrogen and oxygen atoms in total. The molecule has 1 fully saturated rings. The molecule has 1 aliphatic heterocycles. The fraction of sp³-hybridized carbons (Fsp3) is 0.917. The van der Waals surface area contributed by atoms with Gasteiger partial charge in [-0.25, -0.2) is 0 Å². The van der Waals surface area contributed by atoms with E-state index in [1.165, 1.54) is 0 Å². The first-order valence-electron chi connectivity index (χ1n) is 5.97. The number of ether oxygens (including phenoxy) is 1. The lowest BCUT2D eigenvalue weighted by Gasteiger charge is -2.31. The summed E-state index contributed by atoms with van der Waals surface area (Å²) in [4.78, 5) is 14.0. The van der Waals surface area contributed by atoms with Crippen molar-refractivity contribution in [3.8, 4) is 0 Å². The number of amides is 1. The van der Waals surface area contributed by atoms with Crippen LogP contribution >= 0.6 is 0 Å². The molecule has 94 valence electrons. The van der Waals surface area contributed by atoms with Gasteiger partial charge in [-0.2, -0.15) is 0 Å². The molecule has 0 spiro atoms. The highest BCUT2D eigenvalue weighted by atomic mass is 16.5. The van der Waals surface area contributed by atoms with Crippen molar-refractivity contribution in [2.75, 3.05) is 26.8 Å². The maximum Gasteiger partial charge on any atom is 0.232 e. The van der Waals surface area contributed by atoms with Gasteiger partial charge in [-0.15, -0.1) is 0 Å². The SMILES string of the molecule is CC(C)CCN(C)C(=O)C1(C)COCC1N. The van der Waals surface area contributed by atoms with Crippen LogP contribution in [0.25, 0.3) is 0 Å². The zero-order valence-corrected chi connectivity index (χ0v) is 10.8. The van der Waals surface area contributed by atoms with Crippen molar-refractivity contribution in [3.05, 3.63) is 0 Å². The fourth-order valence-electron chi connectivity index (χ4n) is 1.90. The Hall–Kier alpha value is -0.610. The predicted octanol–water partition coefficient (Wildman–Crippen LogP) is 0.855. The highest BCUT2D eigenvalue weighted by Gasteiger charge is 2.45. The van der Waals surface area contributed by atoms with Crippen molar-refractivity contribution in [1.29, 1.82) is 0 Å². The second kappa shape index (κ2) is 5.15. The van der Waals surface area contributed by atoms with Gasteiger partial charge in [-0.3, -0.25) is 4.79 Å². The molecule has 1 rings (SSSR count). The number of nitrogens with zero attached hydrogens (tertiary/aromatic N) is 1. The van der Waals surface area contributed by atoms with Crippen molar-refractivity contribution in [2.24, 2.45) is 17.1 Å². The van der Waals surface area contributed by atoms with E-state index in [4.69, 9.17) is 10.5 Å². The van der Waals surface area contributed by atoms with Crippen LogP contribution in [0.4, 0.5) is 0 Å². The van der Waals surface area contributed by atoms with Crippen molar-refractivity contribution in [2.45, 2.75) is 33.2 Å². The van der Waals surface area contributed by atoms with Crippen LogP contribution in [0.5, 0.6) is 0 Å². The Morgan fingerprint density at radius 2 is 2.25 bits per heavy atom. The number of hydrogen-bond donors (Lipinski definition) is 1. The van der Waals surface area contributed by atoms with Crippen LogP contribution in [0.1, 0.15) is 27.2 Å². The second-order valence-electron chi connectivity index (χ2n) is 5.45. The number of rotatable bonds is 4. The van der Waals surface area contributed by atoms with Crippen molar-refractivity contribution < 1.29 is 9.53 Å². The molecule has 0 aromatic heterocycles. The van der Waals surface area contributed by atoms with Crippen LogP contribution in [0.15, 0.2) is 0 Å². The normalized spacial score (nSPS) is 29.8. The Morgan fingerprint density at radius 3 is 2.69 bits per heavy atom. The lowest BCUT2D eigenvalue weighted by molar-refractivity contribution is -0.140. The summed E-state index contributed by atoms with van der Waals surface area (Å²) in [5, 5.41) is 0. The first kappa shape index (κ1) is 13.5. The summed E-state index contributed by atoms with van der Waals surface area (Å²) >= 11 is 0. The highest BCUT2D eigenvalue weighted by molar-refractivity contribution is 5.83. The largest absolute Gasteiger partial charge is 0.379 e. The fourth-order valence-corrected chi connectivity index (χ4v) is 1.90. The zero-order chi connectivity index (χ0) is 12.3. The smallest absolute Gasteiger partial charge is 0.232 e. The molecule has 2 N–H and O–H groups in total. The van der Waals surface area contributed by atoms with Crippen molar-refractivity contribution in [3.63, 3.8) is 0 Å². The van der Waals surface area contributed by atoms with Crippen LogP contribution in [0.2, 0.25) is 0 Å². The molecule has 1 saturated heterocycles. The van der Waals surface area contributed by atoms with Crippen LogP contribution in [0.3, 0.4) is 0 Å². The minimum absolute atomic E-state index is 0.109. The van der Waals surface area contributed by atoms with E-state index in [1.54, 1.807) is 4.90 Å². The first-order chi connectivity index (χ1) is 7.38. The van der Waals surface area contributed by atoms with Gasteiger partial charge < -0.3 is 15.4 Å². The van der Waals surface area contributed by atoms with Gasteiger partial charge in [0.2, 0.25) is 5.91 Å². The molecule has 0 aromatic rings. The number of nitrogens with two attached hydrogens (primary N) is 1. The van der Waals surface area contributed by atoms with E-state index in [-0.39, 0.29) is 11.9 Å². The first-order valence-corrected chi connectivity index (χ1v) is 5.97. The molecule has 0 bridgehead atoms. The Bertz CT molecular complexity index is 255. The average Bonchev–Trinajstić information content (AvgIpc) is 2.56. The van der Waals surface area contributed by atoms with Gasteiger partial charge in [-0.05, 0) is 19.3 Å². The van der Waals surface area contributed by atoms with E-state index in [1.807, 2.05) is 14.0 Å². The summed E-state index contributed by atoms with van der Waals surface area (Å²) in [7, 11) is 1.85. The van der Waals surface area contributed by atoms with Crippen molar-refractivity contribution in [1.82, 2.24) is 4.90 Å². The van der Waals surface area contributed by atoms with E-state index in [9.17, 15) is 4.79 Å². The van der Waals surface area contributed by atoms with Crippen LogP contribution in [-0.4, -0.2) is 43.7 Å². The number of carbonyl (C=O) groups is 1. The molecule has 0 radical (unpaired) electrons. The van der Waals surface area contributed by atoms with Gasteiger partial charge in [0.25, 0.3) is 0 Å². The van der Waals surface area contributed by atoms with Gasteiger partial charge in [0.05, 0.1) is 18.6 Å². The lowest BCUT2D eigenvalue weighted by atomic mass is 9.84. The Kier molecular flexibility index (Phi) is 4.33. The third-order valence-corrected chi connectivity index (χ3v) is 3.39. The molecule has 0 aromatic carbocycles. The molecule has 16 heavy (non-hydrogen) atoms. The molecule has 1 aliphatic rings. The van der Waals surface area contributed by atoms with Crippen molar-refractivity contribution >= 4 is 5.91 Å². The molecule has 1 amide bonds. The summed E-state index contributed by atoms with van der Waals surface area (Å²) in [5.41, 5.74) is 5.40. The second-order valence-corrected chi connectivity index (χ2v) is 5.45. The molecular formula is C12H24N2O2. The van der Waals surface area contributed by atoms with Gasteiger partial charge in [0, 0.05) is 19.6 Å². The molecule has 0 aliphatic carbocycles. The zero-order valence-electron chi connectivity index (χ0n) is 10.8. The predicted molar refractivity (Wildman–Crippen MR) is 64.0 cm³/mol. The van der Waals surface area contributed by atoms with Crippen LogP contribution < -0.4 is 5.73 Å². The van der Waals surface area contributed by atoms with E-state index in [0.717, 1.165) is 13.0 Å². The Balaban J connectivity index is 2.56. The van der Waals surface area contributed by atoms with Crippen LogP contribution in [-0.2, 0) is 9.53 Å². The summed E-state index contributed by atoms with van der Waals surface area (Å²) in [6.07, 6.45) is 1.02. The maximum absolute atomic E-state index is 12.3. The summed E-state index contributed by atoms with van der Waals surface area (Å²) in [5.74, 6) is 0.717. The van der Waals surface area contributed by atoms with Crippen LogP contribution in [0, 0.1) is 11.3 Å². The summed E-state index contributed by atoms with van der Waals surface area (Å²) in [6.45, 7) is 7.94. The molecule has 4 heteroatoms. The minimum atomic E-state index is -0.536. The minimum Gasteiger partial charge on any atom is -0.379 e. The van der Waals surface area contributed by atoms with Gasteiger partial charge in [0.15, 0.2) is 0 Å². The van der Waals surface area contributed by atoms with E-state index < -0.39 is 5.41 Å². The number of hydrogen-bond acceptors (Lipinski definition) is 3. The monoisotopic (exact) mass is 228 g/mol. The standard InChI is InChI=1S/C12H24N2O2/c1-9(2)5-6-14(4)11(15)12(3)8-16-7-10(12)13/h9-10H,5-8,13H2,1-4H3. The highest BCUT2D eigenvalue weighted by Crippen LogP contribution is 2.29. The molecule has 2 unspecified atom stereocenters. The topological polar surface area (TPSA) is 55.6 Å². The quantitative estimate of drug-likeness (QED) is 0.776. The van der Waals surface area contributed by atoms with Gasteiger partial charge in [-0.1, -0.05) is 13.8 Å². The molecule has 0 saturated carbocycles. The Labute approximate surface area is 98.1 Å². The van der Waals surface area contributed by atoms with Gasteiger partial charge in [0.1, 0.15) is 0 Å². The third kappa shape index (κ3) is 2.74. The molecule has 1 heterocycles. The van der Waals surface area contributed by atoms with E-state index in [2.05, 4.69) is 13.8 Å². The maximum atomic E-state index is 12.3. The summed E-state index contributed by atoms with van der Waals surface area (Å²) < 4.78 is 5.30. The molecule has 2 atom stereocenters. The van der Waals surface area contributed by atoms with E-state index >= 15 is 0 Å². The van der Waals surface area contributed by atoms with Gasteiger partial charge >= 0.3 is 0 Å². The third-order valence-electron chi connectivity index (χ3n) is 3.39. The molecular weight excluding hydrogens is 204 g/mol. The average molecular weight is 228 g/mol. The Morgan fingerprint density at radius 1 is 1.62 bits per heavy atom. The number of carbonyl (C=O) groups excluding carboxylic acids is 1. The summed E-state index contributed by atoms with van der Waals surface area (Å²) in [6, 6.07) is -0.179.